The van der Waals surface area contributed by atoms with Crippen LogP contribution < -0.4 is 15.8 Å². The Kier molecular flexibility index (Phi) is 4.66. The number of para-hydroxylation sites is 1. The molecule has 1 amide bonds. The van der Waals surface area contributed by atoms with Crippen molar-refractivity contribution in [2.45, 2.75) is 13.8 Å². The van der Waals surface area contributed by atoms with Crippen LogP contribution in [0.5, 0.6) is 11.5 Å². The maximum Gasteiger partial charge on any atom is 0.259 e. The first-order chi connectivity index (χ1) is 12.0. The highest BCUT2D eigenvalue weighted by Crippen LogP contribution is 2.25. The van der Waals surface area contributed by atoms with Gasteiger partial charge in [-0.05, 0) is 49.7 Å². The second-order valence-corrected chi connectivity index (χ2v) is 5.74. The zero-order valence-corrected chi connectivity index (χ0v) is 14.1. The normalized spacial score (nSPS) is 10.3. The molecule has 3 rings (SSSR count). The number of amides is 1. The van der Waals surface area contributed by atoms with E-state index in [0.717, 1.165) is 17.0 Å². The average molecular weight is 333 g/mol. The van der Waals surface area contributed by atoms with Gasteiger partial charge in [0.05, 0.1) is 5.56 Å². The number of nitrogens with two attached hydrogens (primary N) is 1. The third kappa shape index (κ3) is 3.95. The van der Waals surface area contributed by atoms with E-state index in [1.807, 2.05) is 62.4 Å². The van der Waals surface area contributed by atoms with E-state index in [1.165, 1.54) is 0 Å². The van der Waals surface area contributed by atoms with Crippen molar-refractivity contribution in [1.82, 2.24) is 4.98 Å². The fourth-order valence-electron chi connectivity index (χ4n) is 2.62. The Morgan fingerprint density at radius 2 is 1.72 bits per heavy atom. The second kappa shape index (κ2) is 7.05. The molecule has 1 heterocycles. The molecule has 2 aromatic carbocycles. The summed E-state index contributed by atoms with van der Waals surface area (Å²) in [6.07, 6.45) is 0. The van der Waals surface area contributed by atoms with Gasteiger partial charge >= 0.3 is 0 Å². The van der Waals surface area contributed by atoms with Gasteiger partial charge in [-0.3, -0.25) is 4.79 Å². The summed E-state index contributed by atoms with van der Waals surface area (Å²) in [4.78, 5) is 16.7. The number of aromatic nitrogens is 1. The number of nitrogens with one attached hydrogen (secondary N) is 1. The average Bonchev–Trinajstić information content (AvgIpc) is 2.55. The molecular formula is C20H19N3O2. The van der Waals surface area contributed by atoms with Crippen LogP contribution in [0.25, 0.3) is 0 Å². The Morgan fingerprint density at radius 1 is 1.00 bits per heavy atom. The van der Waals surface area contributed by atoms with Crippen molar-refractivity contribution >= 4 is 17.4 Å². The number of benzene rings is 2. The number of carbonyl (C=O) groups is 1. The van der Waals surface area contributed by atoms with Gasteiger partial charge in [-0.15, -0.1) is 0 Å². The van der Waals surface area contributed by atoms with Crippen molar-refractivity contribution in [2.24, 2.45) is 0 Å². The maximum atomic E-state index is 12.6. The Hall–Kier alpha value is -3.34. The van der Waals surface area contributed by atoms with Gasteiger partial charge in [-0.1, -0.05) is 24.3 Å². The van der Waals surface area contributed by atoms with E-state index in [1.54, 1.807) is 12.1 Å². The molecular weight excluding hydrogens is 314 g/mol. The number of hydrogen-bond donors (Lipinski definition) is 2. The first kappa shape index (κ1) is 16.5. The first-order valence-corrected chi connectivity index (χ1v) is 7.91. The van der Waals surface area contributed by atoms with Crippen LogP contribution >= 0.6 is 0 Å². The maximum absolute atomic E-state index is 12.6. The van der Waals surface area contributed by atoms with E-state index < -0.39 is 0 Å². The van der Waals surface area contributed by atoms with Crippen molar-refractivity contribution < 1.29 is 9.53 Å². The smallest absolute Gasteiger partial charge is 0.259 e. The Bertz CT molecular complexity index is 885. The van der Waals surface area contributed by atoms with Gasteiger partial charge in [0.2, 0.25) is 0 Å². The number of hydrogen-bond acceptors (Lipinski definition) is 4. The number of nitrogen functional groups attached to an aromatic ring is 1. The largest absolute Gasteiger partial charge is 0.457 e. The molecule has 0 bridgehead atoms. The quantitative estimate of drug-likeness (QED) is 0.745. The lowest BCUT2D eigenvalue weighted by Crippen LogP contribution is -2.17. The SMILES string of the molecule is Cc1cc(C)c(C(=O)Nc2cccc(Oc3ccccc3)c2)c(N)n1. The number of pyridine rings is 1. The summed E-state index contributed by atoms with van der Waals surface area (Å²) in [6, 6.07) is 18.5. The molecule has 0 aliphatic heterocycles. The lowest BCUT2D eigenvalue weighted by molar-refractivity contribution is 0.102. The monoisotopic (exact) mass is 333 g/mol. The summed E-state index contributed by atoms with van der Waals surface area (Å²) in [5.74, 6) is 1.30. The topological polar surface area (TPSA) is 77.2 Å². The van der Waals surface area contributed by atoms with Crippen LogP contribution in [0.4, 0.5) is 11.5 Å². The fraction of sp³-hybridized carbons (Fsp3) is 0.100. The molecule has 0 aliphatic carbocycles. The summed E-state index contributed by atoms with van der Waals surface area (Å²) >= 11 is 0. The third-order valence-corrected chi connectivity index (χ3v) is 3.67. The second-order valence-electron chi connectivity index (χ2n) is 5.74. The molecule has 0 spiro atoms. The van der Waals surface area contributed by atoms with Crippen molar-refractivity contribution in [3.05, 3.63) is 77.5 Å². The highest BCUT2D eigenvalue weighted by Gasteiger charge is 2.15. The summed E-state index contributed by atoms with van der Waals surface area (Å²) in [6.45, 7) is 3.68. The third-order valence-electron chi connectivity index (χ3n) is 3.67. The van der Waals surface area contributed by atoms with Crippen LogP contribution in [0.3, 0.4) is 0 Å². The van der Waals surface area contributed by atoms with Gasteiger partial charge in [0.1, 0.15) is 17.3 Å². The van der Waals surface area contributed by atoms with Crippen molar-refractivity contribution in [1.29, 1.82) is 0 Å². The summed E-state index contributed by atoms with van der Waals surface area (Å²) < 4.78 is 5.78. The molecule has 3 N–H and O–H groups in total. The summed E-state index contributed by atoms with van der Waals surface area (Å²) in [5, 5.41) is 2.85. The van der Waals surface area contributed by atoms with Crippen LogP contribution in [-0.2, 0) is 0 Å². The number of anilines is 2. The molecule has 3 aromatic rings. The number of nitrogens with zero attached hydrogens (tertiary/aromatic N) is 1. The standard InChI is InChI=1S/C20H19N3O2/c1-13-11-14(2)22-19(21)18(13)20(24)23-15-7-6-10-17(12-15)25-16-8-4-3-5-9-16/h3-12H,1-2H3,(H2,21,22)(H,23,24). The molecule has 0 fully saturated rings. The zero-order valence-electron chi connectivity index (χ0n) is 14.1. The lowest BCUT2D eigenvalue weighted by Gasteiger charge is -2.12. The molecule has 0 atom stereocenters. The first-order valence-electron chi connectivity index (χ1n) is 7.91. The fourth-order valence-corrected chi connectivity index (χ4v) is 2.62. The molecule has 0 radical (unpaired) electrons. The van der Waals surface area contributed by atoms with Gasteiger partial charge in [-0.25, -0.2) is 4.98 Å². The van der Waals surface area contributed by atoms with Gasteiger partial charge in [0.15, 0.2) is 0 Å². The molecule has 126 valence electrons. The summed E-state index contributed by atoms with van der Waals surface area (Å²) in [7, 11) is 0. The number of rotatable bonds is 4. The van der Waals surface area contributed by atoms with Crippen LogP contribution in [0.2, 0.25) is 0 Å². The van der Waals surface area contributed by atoms with Crippen LogP contribution in [0.15, 0.2) is 60.7 Å². The van der Waals surface area contributed by atoms with Crippen molar-refractivity contribution in [3.8, 4) is 11.5 Å². The van der Waals surface area contributed by atoms with E-state index in [2.05, 4.69) is 10.3 Å². The molecule has 5 nitrogen and oxygen atoms in total. The van der Waals surface area contributed by atoms with Crippen LogP contribution in [0, 0.1) is 13.8 Å². The van der Waals surface area contributed by atoms with Crippen LogP contribution in [-0.4, -0.2) is 10.9 Å². The minimum absolute atomic E-state index is 0.228. The molecule has 0 saturated carbocycles. The number of carbonyl (C=O) groups excluding carboxylic acids is 1. The van der Waals surface area contributed by atoms with Gasteiger partial charge in [0, 0.05) is 17.4 Å². The highest BCUT2D eigenvalue weighted by molar-refractivity contribution is 6.08. The van der Waals surface area contributed by atoms with E-state index in [0.29, 0.717) is 17.0 Å². The van der Waals surface area contributed by atoms with Gasteiger partial charge in [0.25, 0.3) is 5.91 Å². The van der Waals surface area contributed by atoms with Gasteiger partial charge < -0.3 is 15.8 Å². The zero-order chi connectivity index (χ0) is 17.8. The van der Waals surface area contributed by atoms with Crippen molar-refractivity contribution in [2.75, 3.05) is 11.1 Å². The molecule has 0 aliphatic rings. The van der Waals surface area contributed by atoms with E-state index in [4.69, 9.17) is 10.5 Å². The molecule has 25 heavy (non-hydrogen) atoms. The molecule has 0 unspecified atom stereocenters. The molecule has 0 saturated heterocycles. The predicted molar refractivity (Wildman–Crippen MR) is 99.0 cm³/mol. The van der Waals surface area contributed by atoms with Crippen molar-refractivity contribution in [3.63, 3.8) is 0 Å². The Balaban J connectivity index is 1.79. The highest BCUT2D eigenvalue weighted by atomic mass is 16.5. The Labute approximate surface area is 146 Å². The minimum atomic E-state index is -0.292. The summed E-state index contributed by atoms with van der Waals surface area (Å²) in [5.41, 5.74) is 8.50. The lowest BCUT2D eigenvalue weighted by atomic mass is 10.1. The number of aryl methyl sites for hydroxylation is 2. The Morgan fingerprint density at radius 3 is 2.44 bits per heavy atom. The molecule has 5 heteroatoms. The minimum Gasteiger partial charge on any atom is -0.457 e. The predicted octanol–water partition coefficient (Wildman–Crippen LogP) is 4.33. The van der Waals surface area contributed by atoms with E-state index >= 15 is 0 Å². The number of ether oxygens (including phenoxy) is 1. The van der Waals surface area contributed by atoms with E-state index in [9.17, 15) is 4.79 Å². The molecule has 1 aromatic heterocycles. The van der Waals surface area contributed by atoms with Gasteiger partial charge in [-0.2, -0.15) is 0 Å². The van der Waals surface area contributed by atoms with E-state index in [-0.39, 0.29) is 11.7 Å². The van der Waals surface area contributed by atoms with Crippen LogP contribution in [0.1, 0.15) is 21.6 Å².